The van der Waals surface area contributed by atoms with E-state index < -0.39 is 0 Å². The van der Waals surface area contributed by atoms with Crippen molar-refractivity contribution in [3.63, 3.8) is 0 Å². The first kappa shape index (κ1) is 58.7. The van der Waals surface area contributed by atoms with Crippen LogP contribution in [0.3, 0.4) is 0 Å². The van der Waals surface area contributed by atoms with Crippen molar-refractivity contribution in [1.29, 1.82) is 0 Å². The molecule has 0 saturated heterocycles. The van der Waals surface area contributed by atoms with Crippen molar-refractivity contribution in [3.8, 4) is 0 Å². The van der Waals surface area contributed by atoms with Crippen molar-refractivity contribution in [2.75, 3.05) is 0 Å². The molecule has 2 heteroatoms. The molecule has 0 N–H and O–H groups in total. The Hall–Kier alpha value is 1.29. The first-order valence-electron chi connectivity index (χ1n) is 0. The van der Waals surface area contributed by atoms with Gasteiger partial charge in [0.2, 0.25) is 0 Å². The summed E-state index contributed by atoms with van der Waals surface area (Å²) in [5.74, 6) is 0. The molecule has 0 rings (SSSR count). The van der Waals surface area contributed by atoms with Gasteiger partial charge in [0.25, 0.3) is 0 Å². The Morgan fingerprint density at radius 2 is 0.750 bits per heavy atom. The van der Waals surface area contributed by atoms with Crippen LogP contribution in [0.25, 0.3) is 0 Å². The fourth-order valence-corrected chi connectivity index (χ4v) is 0. The zero-order chi connectivity index (χ0) is 0. The van der Waals surface area contributed by atoms with E-state index >= 15 is 0 Å². The fraction of sp³-hybridized carbons (Fsp3) is 0. The topological polar surface area (TPSA) is 0 Å². The fourth-order valence-electron chi connectivity index (χ4n) is 0. The van der Waals surface area contributed by atoms with Crippen molar-refractivity contribution >= 4 is 0 Å². The van der Waals surface area contributed by atoms with Gasteiger partial charge in [-0.2, -0.15) is 0 Å². The minimum atomic E-state index is 0. The van der Waals surface area contributed by atoms with E-state index in [1.54, 1.807) is 0 Å². The van der Waals surface area contributed by atoms with Gasteiger partial charge in [0.1, 0.15) is 0 Å². The molecule has 0 aromatic rings. The maximum absolute atomic E-state index is 0. The van der Waals surface area contributed by atoms with Crippen LogP contribution in [0.1, 0.15) is 0 Å². The van der Waals surface area contributed by atoms with Crippen molar-refractivity contribution in [2.45, 2.75) is 0 Å². The van der Waals surface area contributed by atoms with Gasteiger partial charge < -0.3 is 0 Å². The van der Waals surface area contributed by atoms with Crippen molar-refractivity contribution < 1.29 is 39.9 Å². The van der Waals surface area contributed by atoms with Crippen LogP contribution < -0.4 is 0 Å². The average molecular weight is 232 g/mol. The Morgan fingerprint density at radius 3 is 0.750 bits per heavy atom. The third kappa shape index (κ3) is 10.4. The van der Waals surface area contributed by atoms with Crippen molar-refractivity contribution in [1.82, 2.24) is 0 Å². The van der Waals surface area contributed by atoms with Crippen LogP contribution in [-0.2, 0) is 39.9 Å². The second-order valence-corrected chi connectivity index (χ2v) is 0. The Morgan fingerprint density at radius 1 is 0.750 bits per heavy atom. The van der Waals surface area contributed by atoms with Crippen LogP contribution in [0, 0.1) is 14.9 Å². The van der Waals surface area contributed by atoms with Gasteiger partial charge >= 0.3 is 0 Å². The summed E-state index contributed by atoms with van der Waals surface area (Å²) < 4.78 is 0. The molecule has 8 radical (unpaired) electrons. The van der Waals surface area contributed by atoms with Crippen LogP contribution in [0.4, 0.5) is 0 Å². The smallest absolute Gasteiger partial charge is 0 e. The molecule has 0 heterocycles. The molecule has 0 nitrogen and oxygen atoms in total. The zero-order valence-electron chi connectivity index (χ0n) is 1.67. The molecule has 0 spiro atoms. The van der Waals surface area contributed by atoms with Crippen LogP contribution in [-0.4, -0.2) is 0 Å². The molecule has 0 aliphatic rings. The maximum atomic E-state index is 0. The third-order valence-corrected chi connectivity index (χ3v) is 0. The third-order valence-electron chi connectivity index (χ3n) is 0. The molecule has 4 heavy (non-hydrogen) atoms. The predicted octanol–water partition coefficient (Wildman–Crippen LogP) is 0.158. The predicted molar refractivity (Wildman–Crippen MR) is 6.49 cm³/mol. The second-order valence-electron chi connectivity index (χ2n) is 0. The number of hydrogen-bond acceptors (Lipinski definition) is 0. The zero-order valence-corrected chi connectivity index (χ0v) is 4.96. The normalized spacial score (nSPS) is 0. The van der Waals surface area contributed by atoms with E-state index in [1.165, 1.54) is 0 Å². The standard InChI is InChI=1S/2C.Pd.Ru. The Balaban J connectivity index is 0. The van der Waals surface area contributed by atoms with Crippen molar-refractivity contribution in [3.05, 3.63) is 14.9 Å². The van der Waals surface area contributed by atoms with Gasteiger partial charge in [0, 0.05) is 54.8 Å². The maximum Gasteiger partial charge on any atom is 0 e. The minimum Gasteiger partial charge on any atom is 0 e. The molecule has 0 saturated carbocycles. The summed E-state index contributed by atoms with van der Waals surface area (Å²) in [6.07, 6.45) is 0. The minimum absolute atomic E-state index is 0. The van der Waals surface area contributed by atoms with Crippen LogP contribution in [0.15, 0.2) is 0 Å². The van der Waals surface area contributed by atoms with Crippen LogP contribution in [0.2, 0.25) is 0 Å². The number of rotatable bonds is 0. The molecule has 0 atom stereocenters. The Labute approximate surface area is 54.8 Å². The van der Waals surface area contributed by atoms with Gasteiger partial charge in [0.15, 0.2) is 0 Å². The number of hydrogen-bond donors (Lipinski definition) is 0. The van der Waals surface area contributed by atoms with Gasteiger partial charge in [-0.05, 0) is 0 Å². The molecule has 0 amide bonds. The van der Waals surface area contributed by atoms with E-state index in [2.05, 4.69) is 0 Å². The molecule has 0 aromatic heterocycles. The summed E-state index contributed by atoms with van der Waals surface area (Å²) in [5.41, 5.74) is 0. The SMILES string of the molecule is [C].[C].[Pd].[Ru]. The molecule has 0 fully saturated rings. The summed E-state index contributed by atoms with van der Waals surface area (Å²) >= 11 is 0. The van der Waals surface area contributed by atoms with E-state index in [1.807, 2.05) is 0 Å². The molecule has 0 unspecified atom stereocenters. The van der Waals surface area contributed by atoms with Gasteiger partial charge in [-0.15, -0.1) is 0 Å². The molecular formula is C2PdRu. The van der Waals surface area contributed by atoms with E-state index in [0.29, 0.717) is 0 Å². The van der Waals surface area contributed by atoms with Crippen LogP contribution >= 0.6 is 0 Å². The van der Waals surface area contributed by atoms with Gasteiger partial charge in [0.05, 0.1) is 0 Å². The second kappa shape index (κ2) is 28.0. The summed E-state index contributed by atoms with van der Waals surface area (Å²) in [5, 5.41) is 0. The summed E-state index contributed by atoms with van der Waals surface area (Å²) in [7, 11) is 0. The van der Waals surface area contributed by atoms with E-state index in [9.17, 15) is 0 Å². The summed E-state index contributed by atoms with van der Waals surface area (Å²) in [4.78, 5) is 0. The summed E-state index contributed by atoms with van der Waals surface area (Å²) in [6, 6.07) is 0. The van der Waals surface area contributed by atoms with E-state index in [-0.39, 0.29) is 54.8 Å². The van der Waals surface area contributed by atoms with Gasteiger partial charge in [-0.1, -0.05) is 0 Å². The monoisotopic (exact) mass is 232 g/mol. The summed E-state index contributed by atoms with van der Waals surface area (Å²) in [6.45, 7) is 0. The van der Waals surface area contributed by atoms with Crippen LogP contribution in [0.5, 0.6) is 0 Å². The van der Waals surface area contributed by atoms with Gasteiger partial charge in [-0.3, -0.25) is 0 Å². The quantitative estimate of drug-likeness (QED) is 0.521. The molecule has 0 aliphatic heterocycles. The largest absolute Gasteiger partial charge is 0 e. The first-order chi connectivity index (χ1) is 0. The molecule has 0 bridgehead atoms. The molecule has 26 valence electrons. The van der Waals surface area contributed by atoms with E-state index in [0.717, 1.165) is 0 Å². The molecular weight excluding hydrogens is 232 g/mol. The Bertz CT molecular complexity index is 6.00. The Kier molecular flexibility index (Phi) is 411. The van der Waals surface area contributed by atoms with E-state index in [4.69, 9.17) is 0 Å². The molecule has 0 aliphatic carbocycles. The average Bonchev–Trinajstić information content (AvgIpc) is 0. The van der Waals surface area contributed by atoms with Gasteiger partial charge in [-0.25, -0.2) is 0 Å². The first-order valence-corrected chi connectivity index (χ1v) is 0. The molecule has 0 aromatic carbocycles. The van der Waals surface area contributed by atoms with Crippen molar-refractivity contribution in [2.24, 2.45) is 0 Å².